The van der Waals surface area contributed by atoms with Gasteiger partial charge in [0.1, 0.15) is 0 Å². The molecule has 42 valence electrons. The standard InChI is InChI=1S/C5H10O2/c1-3-5(6)4-7-2/h3,5-6H,1,4H2,2H3. The second-order valence-electron chi connectivity index (χ2n) is 1.26. The SMILES string of the molecule is C=CC(O)COC. The van der Waals surface area contributed by atoms with E-state index in [-0.39, 0.29) is 0 Å². The molecule has 0 aromatic carbocycles. The summed E-state index contributed by atoms with van der Waals surface area (Å²) in [5.74, 6) is 0. The van der Waals surface area contributed by atoms with Crippen LogP contribution in [0, 0.1) is 0 Å². The minimum Gasteiger partial charge on any atom is -0.387 e. The predicted molar refractivity (Wildman–Crippen MR) is 28.1 cm³/mol. The third kappa shape index (κ3) is 3.49. The molecule has 0 heterocycles. The highest BCUT2D eigenvalue weighted by molar-refractivity contribution is 4.76. The van der Waals surface area contributed by atoms with E-state index in [0.717, 1.165) is 0 Å². The van der Waals surface area contributed by atoms with Gasteiger partial charge in [-0.2, -0.15) is 0 Å². The molecule has 0 aromatic rings. The Hall–Kier alpha value is -0.340. The van der Waals surface area contributed by atoms with Gasteiger partial charge in [-0.25, -0.2) is 0 Å². The van der Waals surface area contributed by atoms with Gasteiger partial charge in [0.05, 0.1) is 12.7 Å². The van der Waals surface area contributed by atoms with E-state index >= 15 is 0 Å². The van der Waals surface area contributed by atoms with E-state index in [2.05, 4.69) is 11.3 Å². The second kappa shape index (κ2) is 3.84. The molecule has 1 N–H and O–H groups in total. The molecule has 0 amide bonds. The molecule has 0 aliphatic heterocycles. The highest BCUT2D eigenvalue weighted by Crippen LogP contribution is 1.80. The number of aliphatic hydroxyl groups excluding tert-OH is 1. The summed E-state index contributed by atoms with van der Waals surface area (Å²) in [6.07, 6.45) is 0.925. The number of ether oxygens (including phenoxy) is 1. The summed E-state index contributed by atoms with van der Waals surface area (Å²) in [7, 11) is 1.53. The van der Waals surface area contributed by atoms with Crippen molar-refractivity contribution in [2.75, 3.05) is 13.7 Å². The van der Waals surface area contributed by atoms with Crippen molar-refractivity contribution in [3.05, 3.63) is 12.7 Å². The zero-order valence-electron chi connectivity index (χ0n) is 4.42. The van der Waals surface area contributed by atoms with Gasteiger partial charge in [-0.15, -0.1) is 6.58 Å². The van der Waals surface area contributed by atoms with Crippen LogP contribution in [0.15, 0.2) is 12.7 Å². The molecule has 0 saturated carbocycles. The van der Waals surface area contributed by atoms with E-state index in [0.29, 0.717) is 6.61 Å². The Labute approximate surface area is 43.4 Å². The van der Waals surface area contributed by atoms with Crippen molar-refractivity contribution in [3.63, 3.8) is 0 Å². The highest BCUT2D eigenvalue weighted by Gasteiger charge is 1.91. The first kappa shape index (κ1) is 6.66. The van der Waals surface area contributed by atoms with Crippen LogP contribution in [0.2, 0.25) is 0 Å². The predicted octanol–water partition coefficient (Wildman–Crippen LogP) is 0.180. The molecule has 0 radical (unpaired) electrons. The van der Waals surface area contributed by atoms with Gasteiger partial charge in [-0.1, -0.05) is 6.08 Å². The van der Waals surface area contributed by atoms with Crippen molar-refractivity contribution in [1.82, 2.24) is 0 Å². The number of aliphatic hydroxyl groups is 1. The molecule has 0 spiro atoms. The van der Waals surface area contributed by atoms with E-state index in [1.165, 1.54) is 13.2 Å². The maximum absolute atomic E-state index is 8.61. The molecule has 0 rings (SSSR count). The van der Waals surface area contributed by atoms with Crippen molar-refractivity contribution in [2.24, 2.45) is 0 Å². The van der Waals surface area contributed by atoms with Crippen molar-refractivity contribution in [1.29, 1.82) is 0 Å². The monoisotopic (exact) mass is 102 g/mol. The summed E-state index contributed by atoms with van der Waals surface area (Å²) in [5.41, 5.74) is 0. The Morgan fingerprint density at radius 3 is 2.71 bits per heavy atom. The maximum atomic E-state index is 8.61. The van der Waals surface area contributed by atoms with Crippen LogP contribution in [0.25, 0.3) is 0 Å². The van der Waals surface area contributed by atoms with Crippen LogP contribution in [-0.2, 0) is 4.74 Å². The van der Waals surface area contributed by atoms with Crippen LogP contribution < -0.4 is 0 Å². The highest BCUT2D eigenvalue weighted by atomic mass is 16.5. The Kier molecular flexibility index (Phi) is 3.65. The normalized spacial score (nSPS) is 13.4. The molecular formula is C5H10O2. The third-order valence-corrected chi connectivity index (χ3v) is 0.610. The lowest BCUT2D eigenvalue weighted by Gasteiger charge is -1.99. The summed E-state index contributed by atoms with van der Waals surface area (Å²) >= 11 is 0. The van der Waals surface area contributed by atoms with Crippen LogP contribution >= 0.6 is 0 Å². The fourth-order valence-electron chi connectivity index (χ4n) is 0.239. The van der Waals surface area contributed by atoms with Crippen LogP contribution in [0.3, 0.4) is 0 Å². The van der Waals surface area contributed by atoms with E-state index in [1.807, 2.05) is 0 Å². The van der Waals surface area contributed by atoms with E-state index in [9.17, 15) is 0 Å². The van der Waals surface area contributed by atoms with Crippen molar-refractivity contribution in [3.8, 4) is 0 Å². The average Bonchev–Trinajstić information content (AvgIpc) is 1.68. The van der Waals surface area contributed by atoms with Crippen LogP contribution in [0.1, 0.15) is 0 Å². The molecule has 0 fully saturated rings. The quantitative estimate of drug-likeness (QED) is 0.515. The fourth-order valence-corrected chi connectivity index (χ4v) is 0.239. The molecule has 2 heteroatoms. The summed E-state index contributed by atoms with van der Waals surface area (Å²) in [5, 5.41) is 8.61. The summed E-state index contributed by atoms with van der Waals surface area (Å²) in [4.78, 5) is 0. The third-order valence-electron chi connectivity index (χ3n) is 0.610. The number of hydrogen-bond acceptors (Lipinski definition) is 2. The lowest BCUT2D eigenvalue weighted by atomic mass is 10.4. The van der Waals surface area contributed by atoms with Crippen LogP contribution in [0.5, 0.6) is 0 Å². The zero-order chi connectivity index (χ0) is 5.70. The molecule has 0 saturated heterocycles. The van der Waals surface area contributed by atoms with Gasteiger partial charge in [-0.05, 0) is 0 Å². The Balaban J connectivity index is 2.98. The summed E-state index contributed by atoms with van der Waals surface area (Å²) < 4.78 is 4.57. The van der Waals surface area contributed by atoms with Crippen LogP contribution in [-0.4, -0.2) is 24.9 Å². The first-order valence-corrected chi connectivity index (χ1v) is 2.10. The smallest absolute Gasteiger partial charge is 0.0951 e. The van der Waals surface area contributed by atoms with Crippen molar-refractivity contribution >= 4 is 0 Å². The molecule has 0 bridgehead atoms. The fraction of sp³-hybridized carbons (Fsp3) is 0.600. The van der Waals surface area contributed by atoms with E-state index < -0.39 is 6.10 Å². The van der Waals surface area contributed by atoms with E-state index in [1.54, 1.807) is 0 Å². The first-order valence-electron chi connectivity index (χ1n) is 2.10. The van der Waals surface area contributed by atoms with Crippen molar-refractivity contribution < 1.29 is 9.84 Å². The zero-order valence-corrected chi connectivity index (χ0v) is 4.42. The number of hydrogen-bond donors (Lipinski definition) is 1. The minimum atomic E-state index is -0.509. The van der Waals surface area contributed by atoms with Gasteiger partial charge < -0.3 is 9.84 Å². The lowest BCUT2D eigenvalue weighted by Crippen LogP contribution is -2.08. The average molecular weight is 102 g/mol. The number of rotatable bonds is 3. The Bertz CT molecular complexity index is 52.0. The van der Waals surface area contributed by atoms with Gasteiger partial charge >= 0.3 is 0 Å². The second-order valence-corrected chi connectivity index (χ2v) is 1.26. The van der Waals surface area contributed by atoms with Gasteiger partial charge in [0.2, 0.25) is 0 Å². The van der Waals surface area contributed by atoms with E-state index in [4.69, 9.17) is 5.11 Å². The lowest BCUT2D eigenvalue weighted by molar-refractivity contribution is 0.0935. The molecule has 7 heavy (non-hydrogen) atoms. The molecular weight excluding hydrogens is 92.1 g/mol. The molecule has 0 aromatic heterocycles. The number of methoxy groups -OCH3 is 1. The molecule has 1 unspecified atom stereocenters. The Morgan fingerprint density at radius 1 is 2.00 bits per heavy atom. The maximum Gasteiger partial charge on any atom is 0.0951 e. The summed E-state index contributed by atoms with van der Waals surface area (Å²) in [6.45, 7) is 3.69. The minimum absolute atomic E-state index is 0.337. The van der Waals surface area contributed by atoms with Gasteiger partial charge in [0.15, 0.2) is 0 Å². The molecule has 0 aliphatic rings. The largest absolute Gasteiger partial charge is 0.387 e. The molecule has 2 nitrogen and oxygen atoms in total. The Morgan fingerprint density at radius 2 is 2.57 bits per heavy atom. The summed E-state index contributed by atoms with van der Waals surface area (Å²) in [6, 6.07) is 0. The molecule has 1 atom stereocenters. The van der Waals surface area contributed by atoms with Crippen molar-refractivity contribution in [2.45, 2.75) is 6.10 Å². The topological polar surface area (TPSA) is 29.5 Å². The van der Waals surface area contributed by atoms with Gasteiger partial charge in [-0.3, -0.25) is 0 Å². The van der Waals surface area contributed by atoms with Crippen LogP contribution in [0.4, 0.5) is 0 Å². The van der Waals surface area contributed by atoms with Gasteiger partial charge in [0, 0.05) is 7.11 Å². The first-order chi connectivity index (χ1) is 3.31. The van der Waals surface area contributed by atoms with Gasteiger partial charge in [0.25, 0.3) is 0 Å². The molecule has 0 aliphatic carbocycles.